The third-order valence-electron chi connectivity index (χ3n) is 4.79. The highest BCUT2D eigenvalue weighted by atomic mass is 32.2. The van der Waals surface area contributed by atoms with Gasteiger partial charge in [-0.2, -0.15) is 4.31 Å². The van der Waals surface area contributed by atoms with Crippen molar-refractivity contribution in [2.45, 2.75) is 58.3 Å². The fourth-order valence-corrected chi connectivity index (χ4v) is 5.55. The Morgan fingerprint density at radius 2 is 1.88 bits per heavy atom. The van der Waals surface area contributed by atoms with E-state index in [1.54, 1.807) is 0 Å². The Hall–Kier alpha value is -1.40. The van der Waals surface area contributed by atoms with E-state index >= 15 is 0 Å². The zero-order chi connectivity index (χ0) is 18.6. The number of nitrogens with one attached hydrogen (secondary N) is 1. The molecule has 2 rings (SSSR count). The molecule has 0 aromatic heterocycles. The maximum atomic E-state index is 13.2. The minimum absolute atomic E-state index is 0.0225. The molecule has 0 saturated carbocycles. The van der Waals surface area contributed by atoms with Crippen LogP contribution in [0.5, 0.6) is 0 Å². The summed E-state index contributed by atoms with van der Waals surface area (Å²) in [6.07, 6.45) is 3.44. The number of sulfonamides is 1. The number of piperidine rings is 1. The maximum absolute atomic E-state index is 13.2. The van der Waals surface area contributed by atoms with Crippen LogP contribution in [0.25, 0.3) is 0 Å². The Morgan fingerprint density at radius 1 is 1.24 bits per heavy atom. The van der Waals surface area contributed by atoms with Crippen molar-refractivity contribution in [3.05, 3.63) is 28.8 Å². The van der Waals surface area contributed by atoms with Crippen LogP contribution in [0.3, 0.4) is 0 Å². The van der Waals surface area contributed by atoms with E-state index in [2.05, 4.69) is 12.2 Å². The van der Waals surface area contributed by atoms with Gasteiger partial charge in [0.2, 0.25) is 15.9 Å². The summed E-state index contributed by atoms with van der Waals surface area (Å²) in [4.78, 5) is 12.7. The lowest BCUT2D eigenvalue weighted by atomic mass is 9.99. The van der Waals surface area contributed by atoms with Crippen molar-refractivity contribution in [1.82, 2.24) is 9.62 Å². The van der Waals surface area contributed by atoms with Gasteiger partial charge in [-0.1, -0.05) is 31.0 Å². The van der Waals surface area contributed by atoms with E-state index < -0.39 is 10.0 Å². The van der Waals surface area contributed by atoms with Crippen molar-refractivity contribution in [1.29, 1.82) is 0 Å². The predicted molar refractivity (Wildman–Crippen MR) is 100 cm³/mol. The Labute approximate surface area is 151 Å². The second kappa shape index (κ2) is 8.32. The van der Waals surface area contributed by atoms with E-state index in [1.165, 1.54) is 4.31 Å². The predicted octanol–water partition coefficient (Wildman–Crippen LogP) is 2.93. The van der Waals surface area contributed by atoms with Crippen LogP contribution in [0, 0.1) is 26.7 Å². The molecule has 0 aliphatic carbocycles. The summed E-state index contributed by atoms with van der Waals surface area (Å²) in [5.41, 5.74) is 2.60. The molecule has 0 spiro atoms. The molecule has 1 aliphatic rings. The van der Waals surface area contributed by atoms with Crippen LogP contribution in [0.2, 0.25) is 0 Å². The molecule has 1 fully saturated rings. The second-order valence-electron chi connectivity index (χ2n) is 7.07. The molecule has 0 bridgehead atoms. The second-order valence-corrected chi connectivity index (χ2v) is 8.95. The maximum Gasteiger partial charge on any atom is 0.243 e. The number of benzene rings is 1. The Balaban J connectivity index is 2.19. The average molecular weight is 367 g/mol. The van der Waals surface area contributed by atoms with Crippen molar-refractivity contribution < 1.29 is 13.2 Å². The van der Waals surface area contributed by atoms with Crippen molar-refractivity contribution in [3.8, 4) is 0 Å². The summed E-state index contributed by atoms with van der Waals surface area (Å²) in [5.74, 6) is -0.280. The molecule has 0 unspecified atom stereocenters. The van der Waals surface area contributed by atoms with Crippen molar-refractivity contribution >= 4 is 15.9 Å². The number of hydrogen-bond donors (Lipinski definition) is 1. The van der Waals surface area contributed by atoms with Gasteiger partial charge in [0, 0.05) is 19.6 Å². The van der Waals surface area contributed by atoms with Gasteiger partial charge >= 0.3 is 0 Å². The summed E-state index contributed by atoms with van der Waals surface area (Å²) in [5, 5.41) is 2.93. The molecule has 5 nitrogen and oxygen atoms in total. The molecule has 1 amide bonds. The molecule has 1 saturated heterocycles. The van der Waals surface area contributed by atoms with Gasteiger partial charge in [-0.05, 0) is 51.2 Å². The van der Waals surface area contributed by atoms with E-state index in [4.69, 9.17) is 0 Å². The Morgan fingerprint density at radius 3 is 2.48 bits per heavy atom. The SMILES string of the molecule is CCCCNC(=O)[C@@H]1CCCN(S(=O)(=O)c2c(C)cc(C)cc2C)C1. The van der Waals surface area contributed by atoms with Crippen molar-refractivity contribution in [2.24, 2.45) is 5.92 Å². The monoisotopic (exact) mass is 366 g/mol. The summed E-state index contributed by atoms with van der Waals surface area (Å²) in [7, 11) is -3.58. The normalized spacial score (nSPS) is 19.0. The van der Waals surface area contributed by atoms with Gasteiger partial charge in [-0.3, -0.25) is 4.79 Å². The first-order chi connectivity index (χ1) is 11.8. The molecule has 140 valence electrons. The van der Waals surface area contributed by atoms with Gasteiger partial charge in [0.1, 0.15) is 0 Å². The number of carbonyl (C=O) groups excluding carboxylic acids is 1. The van der Waals surface area contributed by atoms with Crippen LogP contribution in [0.15, 0.2) is 17.0 Å². The average Bonchev–Trinajstić information content (AvgIpc) is 2.54. The van der Waals surface area contributed by atoms with Crippen LogP contribution >= 0.6 is 0 Å². The lowest BCUT2D eigenvalue weighted by Gasteiger charge is -2.32. The molecule has 0 radical (unpaired) electrons. The minimum atomic E-state index is -3.58. The lowest BCUT2D eigenvalue weighted by Crippen LogP contribution is -2.45. The highest BCUT2D eigenvalue weighted by Crippen LogP contribution is 2.28. The number of aryl methyl sites for hydroxylation is 3. The van der Waals surface area contributed by atoms with E-state index in [-0.39, 0.29) is 18.4 Å². The van der Waals surface area contributed by atoms with Crippen LogP contribution in [-0.2, 0) is 14.8 Å². The summed E-state index contributed by atoms with van der Waals surface area (Å²) in [6.45, 7) is 9.13. The molecule has 6 heteroatoms. The van der Waals surface area contributed by atoms with E-state index in [9.17, 15) is 13.2 Å². The number of nitrogens with zero attached hydrogens (tertiary/aromatic N) is 1. The molecule has 1 aromatic carbocycles. The topological polar surface area (TPSA) is 66.5 Å². The first-order valence-electron chi connectivity index (χ1n) is 9.13. The number of hydrogen-bond acceptors (Lipinski definition) is 3. The molecule has 1 N–H and O–H groups in total. The molecule has 25 heavy (non-hydrogen) atoms. The standard InChI is InChI=1S/C19H30N2O3S/c1-5-6-9-20-19(22)17-8-7-10-21(13-17)25(23,24)18-15(3)11-14(2)12-16(18)4/h11-12,17H,5-10,13H2,1-4H3,(H,20,22)/t17-/m1/s1. The first-order valence-corrected chi connectivity index (χ1v) is 10.6. The zero-order valence-corrected chi connectivity index (χ0v) is 16.6. The minimum Gasteiger partial charge on any atom is -0.356 e. The Bertz CT molecular complexity index is 705. The molecular weight excluding hydrogens is 336 g/mol. The largest absolute Gasteiger partial charge is 0.356 e. The first kappa shape index (κ1) is 19.9. The zero-order valence-electron chi connectivity index (χ0n) is 15.8. The lowest BCUT2D eigenvalue weighted by molar-refractivity contribution is -0.126. The molecular formula is C19H30N2O3S. The van der Waals surface area contributed by atoms with Gasteiger partial charge in [-0.25, -0.2) is 8.42 Å². The van der Waals surface area contributed by atoms with Gasteiger partial charge in [-0.15, -0.1) is 0 Å². The number of amides is 1. The van der Waals surface area contributed by atoms with E-state index in [0.29, 0.717) is 18.0 Å². The molecule has 1 heterocycles. The molecule has 1 aliphatic heterocycles. The summed E-state index contributed by atoms with van der Waals surface area (Å²) < 4.78 is 27.8. The summed E-state index contributed by atoms with van der Waals surface area (Å²) in [6, 6.07) is 3.80. The van der Waals surface area contributed by atoms with Crippen molar-refractivity contribution in [3.63, 3.8) is 0 Å². The number of unbranched alkanes of at least 4 members (excludes halogenated alkanes) is 1. The van der Waals surface area contributed by atoms with Gasteiger partial charge in [0.25, 0.3) is 0 Å². The van der Waals surface area contributed by atoms with Crippen molar-refractivity contribution in [2.75, 3.05) is 19.6 Å². The van der Waals surface area contributed by atoms with Crippen LogP contribution in [-0.4, -0.2) is 38.3 Å². The summed E-state index contributed by atoms with van der Waals surface area (Å²) >= 11 is 0. The van der Waals surface area contributed by atoms with Gasteiger partial charge < -0.3 is 5.32 Å². The number of carbonyl (C=O) groups is 1. The smallest absolute Gasteiger partial charge is 0.243 e. The van der Waals surface area contributed by atoms with Crippen LogP contribution in [0.4, 0.5) is 0 Å². The van der Waals surface area contributed by atoms with Gasteiger partial charge in [0.15, 0.2) is 0 Å². The number of rotatable bonds is 6. The molecule has 1 aromatic rings. The van der Waals surface area contributed by atoms with Crippen LogP contribution < -0.4 is 5.32 Å². The molecule has 1 atom stereocenters. The van der Waals surface area contributed by atoms with E-state index in [1.807, 2.05) is 32.9 Å². The third kappa shape index (κ3) is 4.61. The fraction of sp³-hybridized carbons (Fsp3) is 0.632. The Kier molecular flexibility index (Phi) is 6.63. The van der Waals surface area contributed by atoms with E-state index in [0.717, 1.165) is 42.4 Å². The van der Waals surface area contributed by atoms with Gasteiger partial charge in [0.05, 0.1) is 10.8 Å². The highest BCUT2D eigenvalue weighted by molar-refractivity contribution is 7.89. The fourth-order valence-electron chi connectivity index (χ4n) is 3.61. The van der Waals surface area contributed by atoms with Crippen LogP contribution in [0.1, 0.15) is 49.3 Å². The third-order valence-corrected chi connectivity index (χ3v) is 6.96. The quantitative estimate of drug-likeness (QED) is 0.787. The highest BCUT2D eigenvalue weighted by Gasteiger charge is 2.34.